The van der Waals surface area contributed by atoms with Crippen LogP contribution >= 0.6 is 15.9 Å². The molecule has 0 aromatic heterocycles. The van der Waals surface area contributed by atoms with E-state index in [1.165, 1.54) is 12.1 Å². The van der Waals surface area contributed by atoms with Gasteiger partial charge in [-0.3, -0.25) is 0 Å². The number of hydrogen-bond acceptors (Lipinski definition) is 2. The van der Waals surface area contributed by atoms with Gasteiger partial charge in [-0.2, -0.15) is 0 Å². The van der Waals surface area contributed by atoms with Crippen molar-refractivity contribution in [2.75, 3.05) is 18.0 Å². The molecular weight excluding hydrogens is 314 g/mol. The van der Waals surface area contributed by atoms with E-state index in [1.807, 2.05) is 25.7 Å². The van der Waals surface area contributed by atoms with Gasteiger partial charge in [0.15, 0.2) is 11.6 Å². The number of hydrogen-bond donors (Lipinski definition) is 1. The summed E-state index contributed by atoms with van der Waals surface area (Å²) in [7, 11) is 0. The third kappa shape index (κ3) is 3.08. The van der Waals surface area contributed by atoms with Crippen LogP contribution in [0, 0.1) is 11.6 Å². The van der Waals surface area contributed by atoms with E-state index in [1.54, 1.807) is 0 Å². The van der Waals surface area contributed by atoms with E-state index in [0.29, 0.717) is 11.0 Å². The lowest BCUT2D eigenvalue weighted by Gasteiger charge is -2.45. The molecule has 0 aliphatic carbocycles. The second-order valence-corrected chi connectivity index (χ2v) is 6.59. The number of halogens is 3. The Hall–Kier alpha value is -0.680. The Bertz CT molecular complexity index is 454. The standard InChI is InChI=1S/C14H19BrF2N2/c1-4-10-7-18-14(2,3)8-19(10)13-11(16)5-9(15)6-12(13)17/h5-6,10,18H,4,7-8H2,1-3H3. The summed E-state index contributed by atoms with van der Waals surface area (Å²) in [6.45, 7) is 7.44. The van der Waals surface area contributed by atoms with E-state index in [9.17, 15) is 8.78 Å². The number of benzene rings is 1. The fraction of sp³-hybridized carbons (Fsp3) is 0.571. The van der Waals surface area contributed by atoms with Gasteiger partial charge in [-0.25, -0.2) is 8.78 Å². The van der Waals surface area contributed by atoms with Gasteiger partial charge in [0.25, 0.3) is 0 Å². The number of rotatable bonds is 2. The Balaban J connectivity index is 2.42. The molecule has 1 atom stereocenters. The topological polar surface area (TPSA) is 15.3 Å². The minimum absolute atomic E-state index is 0.0876. The molecule has 1 fully saturated rings. The Morgan fingerprint density at radius 2 is 1.95 bits per heavy atom. The van der Waals surface area contributed by atoms with Gasteiger partial charge in [0, 0.05) is 29.1 Å². The summed E-state index contributed by atoms with van der Waals surface area (Å²) in [5.74, 6) is -1.02. The maximum absolute atomic E-state index is 14.1. The monoisotopic (exact) mass is 332 g/mol. The molecule has 0 amide bonds. The van der Waals surface area contributed by atoms with Crippen LogP contribution in [0.25, 0.3) is 0 Å². The van der Waals surface area contributed by atoms with Crippen LogP contribution in [0.1, 0.15) is 27.2 Å². The maximum Gasteiger partial charge on any atom is 0.150 e. The molecule has 0 spiro atoms. The smallest absolute Gasteiger partial charge is 0.150 e. The van der Waals surface area contributed by atoms with Crippen LogP contribution in [-0.2, 0) is 0 Å². The SMILES string of the molecule is CCC1CNC(C)(C)CN1c1c(F)cc(Br)cc1F. The Morgan fingerprint density at radius 3 is 2.47 bits per heavy atom. The van der Waals surface area contributed by atoms with E-state index >= 15 is 0 Å². The average Bonchev–Trinajstić information content (AvgIpc) is 2.26. The molecule has 1 aromatic carbocycles. The first-order chi connectivity index (χ1) is 8.84. The van der Waals surface area contributed by atoms with E-state index in [-0.39, 0.29) is 17.3 Å². The summed E-state index contributed by atoms with van der Waals surface area (Å²) >= 11 is 3.11. The van der Waals surface area contributed by atoms with Crippen molar-refractivity contribution in [3.8, 4) is 0 Å². The molecule has 106 valence electrons. The van der Waals surface area contributed by atoms with Crippen molar-refractivity contribution in [3.63, 3.8) is 0 Å². The molecule has 19 heavy (non-hydrogen) atoms. The summed E-state index contributed by atoms with van der Waals surface area (Å²) in [5.41, 5.74) is -0.0675. The number of nitrogens with zero attached hydrogens (tertiary/aromatic N) is 1. The van der Waals surface area contributed by atoms with E-state index in [2.05, 4.69) is 21.2 Å². The molecule has 1 saturated heterocycles. The Morgan fingerprint density at radius 1 is 1.37 bits per heavy atom. The number of nitrogens with one attached hydrogen (secondary N) is 1. The van der Waals surface area contributed by atoms with Crippen molar-refractivity contribution in [1.82, 2.24) is 5.32 Å². The summed E-state index contributed by atoms with van der Waals surface area (Å²) in [5, 5.41) is 3.41. The molecular formula is C14H19BrF2N2. The second kappa shape index (κ2) is 5.37. The van der Waals surface area contributed by atoms with E-state index in [0.717, 1.165) is 13.0 Å². The van der Waals surface area contributed by atoms with Crippen molar-refractivity contribution in [2.24, 2.45) is 0 Å². The second-order valence-electron chi connectivity index (χ2n) is 5.67. The highest BCUT2D eigenvalue weighted by atomic mass is 79.9. The molecule has 1 aliphatic heterocycles. The van der Waals surface area contributed by atoms with Crippen LogP contribution in [0.2, 0.25) is 0 Å². The van der Waals surface area contributed by atoms with Crippen LogP contribution in [-0.4, -0.2) is 24.7 Å². The molecule has 5 heteroatoms. The molecule has 2 rings (SSSR count). The molecule has 2 nitrogen and oxygen atoms in total. The fourth-order valence-electron chi connectivity index (χ4n) is 2.55. The van der Waals surface area contributed by atoms with E-state index < -0.39 is 11.6 Å². The van der Waals surface area contributed by atoms with Crippen molar-refractivity contribution in [1.29, 1.82) is 0 Å². The lowest BCUT2D eigenvalue weighted by molar-refractivity contribution is 0.302. The zero-order valence-corrected chi connectivity index (χ0v) is 13.0. The highest BCUT2D eigenvalue weighted by molar-refractivity contribution is 9.10. The van der Waals surface area contributed by atoms with Crippen molar-refractivity contribution < 1.29 is 8.78 Å². The van der Waals surface area contributed by atoms with Crippen LogP contribution in [0.3, 0.4) is 0 Å². The molecule has 1 aliphatic rings. The molecule has 0 saturated carbocycles. The van der Waals surface area contributed by atoms with Crippen molar-refractivity contribution >= 4 is 21.6 Å². The fourth-order valence-corrected chi connectivity index (χ4v) is 2.95. The normalized spacial score (nSPS) is 22.6. The van der Waals surface area contributed by atoms with Crippen LogP contribution < -0.4 is 10.2 Å². The number of anilines is 1. The lowest BCUT2D eigenvalue weighted by Crippen LogP contribution is -2.62. The first kappa shape index (κ1) is 14.7. The molecule has 0 radical (unpaired) electrons. The van der Waals surface area contributed by atoms with Gasteiger partial charge in [0.2, 0.25) is 0 Å². The quantitative estimate of drug-likeness (QED) is 0.888. The highest BCUT2D eigenvalue weighted by Crippen LogP contribution is 2.32. The van der Waals surface area contributed by atoms with Gasteiger partial charge in [-0.05, 0) is 32.4 Å². The molecule has 1 unspecified atom stereocenters. The Labute approximate surface area is 121 Å². The zero-order valence-electron chi connectivity index (χ0n) is 11.4. The first-order valence-electron chi connectivity index (χ1n) is 6.50. The van der Waals surface area contributed by atoms with Gasteiger partial charge < -0.3 is 10.2 Å². The summed E-state index contributed by atoms with van der Waals surface area (Å²) < 4.78 is 28.7. The van der Waals surface area contributed by atoms with Crippen molar-refractivity contribution in [2.45, 2.75) is 38.8 Å². The van der Waals surface area contributed by atoms with Crippen LogP contribution in [0.5, 0.6) is 0 Å². The summed E-state index contributed by atoms with van der Waals surface area (Å²) in [6, 6.07) is 2.75. The predicted molar refractivity (Wildman–Crippen MR) is 77.6 cm³/mol. The van der Waals surface area contributed by atoms with Crippen LogP contribution in [0.15, 0.2) is 16.6 Å². The van der Waals surface area contributed by atoms with Crippen LogP contribution in [0.4, 0.5) is 14.5 Å². The van der Waals surface area contributed by atoms with Crippen molar-refractivity contribution in [3.05, 3.63) is 28.2 Å². The van der Waals surface area contributed by atoms with Gasteiger partial charge >= 0.3 is 0 Å². The minimum atomic E-state index is -0.511. The lowest BCUT2D eigenvalue weighted by atomic mass is 9.96. The predicted octanol–water partition coefficient (Wildman–Crippen LogP) is 3.69. The third-order valence-electron chi connectivity index (χ3n) is 3.56. The van der Waals surface area contributed by atoms with Gasteiger partial charge in [0.05, 0.1) is 0 Å². The largest absolute Gasteiger partial charge is 0.361 e. The zero-order chi connectivity index (χ0) is 14.2. The Kier molecular flexibility index (Phi) is 4.16. The van der Waals surface area contributed by atoms with Gasteiger partial charge in [-0.15, -0.1) is 0 Å². The maximum atomic E-state index is 14.1. The minimum Gasteiger partial charge on any atom is -0.361 e. The molecule has 1 N–H and O–H groups in total. The molecule has 1 heterocycles. The third-order valence-corrected chi connectivity index (χ3v) is 4.02. The molecule has 0 bridgehead atoms. The number of piperazine rings is 1. The molecule has 1 aromatic rings. The highest BCUT2D eigenvalue weighted by Gasteiger charge is 2.34. The van der Waals surface area contributed by atoms with E-state index in [4.69, 9.17) is 0 Å². The van der Waals surface area contributed by atoms with Gasteiger partial charge in [-0.1, -0.05) is 22.9 Å². The average molecular weight is 333 g/mol. The summed E-state index contributed by atoms with van der Waals surface area (Å²) in [4.78, 5) is 1.85. The van der Waals surface area contributed by atoms with Gasteiger partial charge in [0.1, 0.15) is 5.69 Å². The first-order valence-corrected chi connectivity index (χ1v) is 7.29. The summed E-state index contributed by atoms with van der Waals surface area (Å²) in [6.07, 6.45) is 0.845.